The maximum absolute atomic E-state index is 9.94. The van der Waals surface area contributed by atoms with Crippen molar-refractivity contribution in [2.45, 2.75) is 31.9 Å². The molecule has 0 amide bonds. The minimum Gasteiger partial charge on any atom is -0.507 e. The van der Waals surface area contributed by atoms with E-state index in [0.717, 1.165) is 18.5 Å². The number of phenols is 1. The molecule has 1 heterocycles. The van der Waals surface area contributed by atoms with E-state index in [1.54, 1.807) is 6.07 Å². The lowest BCUT2D eigenvalue weighted by molar-refractivity contribution is 0.274. The van der Waals surface area contributed by atoms with E-state index in [1.165, 1.54) is 12.8 Å². The van der Waals surface area contributed by atoms with Crippen LogP contribution in [0.15, 0.2) is 18.2 Å². The minimum atomic E-state index is -0.105. The van der Waals surface area contributed by atoms with Crippen molar-refractivity contribution in [2.75, 3.05) is 6.54 Å². The number of para-hydroxylation sites is 1. The van der Waals surface area contributed by atoms with E-state index in [4.69, 9.17) is 5.11 Å². The zero-order chi connectivity index (χ0) is 10.7. The van der Waals surface area contributed by atoms with E-state index in [1.807, 2.05) is 12.1 Å². The van der Waals surface area contributed by atoms with Gasteiger partial charge in [0.25, 0.3) is 0 Å². The van der Waals surface area contributed by atoms with Gasteiger partial charge in [-0.25, -0.2) is 0 Å². The van der Waals surface area contributed by atoms with Crippen molar-refractivity contribution in [1.29, 1.82) is 0 Å². The largest absolute Gasteiger partial charge is 0.507 e. The fourth-order valence-corrected chi connectivity index (χ4v) is 2.14. The highest BCUT2D eigenvalue weighted by atomic mass is 16.3. The molecule has 1 atom stereocenters. The number of piperidine rings is 1. The smallest absolute Gasteiger partial charge is 0.125 e. The first-order chi connectivity index (χ1) is 7.33. The summed E-state index contributed by atoms with van der Waals surface area (Å²) in [4.78, 5) is 0. The summed E-state index contributed by atoms with van der Waals surface area (Å²) < 4.78 is 0. The van der Waals surface area contributed by atoms with Crippen LogP contribution in [0.25, 0.3) is 0 Å². The summed E-state index contributed by atoms with van der Waals surface area (Å²) in [6, 6.07) is 5.81. The van der Waals surface area contributed by atoms with E-state index in [0.29, 0.717) is 5.56 Å². The number of aliphatic hydroxyl groups excluding tert-OH is 1. The molecule has 15 heavy (non-hydrogen) atoms. The molecule has 3 heteroatoms. The average Bonchev–Trinajstić information content (AvgIpc) is 2.30. The molecule has 0 radical (unpaired) electrons. The molecule has 0 aromatic heterocycles. The molecule has 2 rings (SSSR count). The number of hydrogen-bond acceptors (Lipinski definition) is 3. The molecule has 1 aliphatic heterocycles. The van der Waals surface area contributed by atoms with E-state index in [2.05, 4.69) is 5.32 Å². The van der Waals surface area contributed by atoms with Crippen molar-refractivity contribution >= 4 is 0 Å². The second-order valence-corrected chi connectivity index (χ2v) is 4.02. The van der Waals surface area contributed by atoms with Crippen molar-refractivity contribution in [3.05, 3.63) is 29.3 Å². The van der Waals surface area contributed by atoms with Crippen LogP contribution in [0.1, 0.15) is 36.4 Å². The lowest BCUT2D eigenvalue weighted by atomic mass is 9.95. The van der Waals surface area contributed by atoms with Gasteiger partial charge in [0.2, 0.25) is 0 Å². The van der Waals surface area contributed by atoms with Crippen LogP contribution in [0.3, 0.4) is 0 Å². The monoisotopic (exact) mass is 207 g/mol. The summed E-state index contributed by atoms with van der Waals surface area (Å²) in [5.41, 5.74) is 1.53. The van der Waals surface area contributed by atoms with Crippen LogP contribution in [-0.2, 0) is 6.61 Å². The number of aromatic hydroxyl groups is 1. The summed E-state index contributed by atoms with van der Waals surface area (Å²) in [7, 11) is 0. The van der Waals surface area contributed by atoms with Gasteiger partial charge >= 0.3 is 0 Å². The molecular weight excluding hydrogens is 190 g/mol. The Bertz CT molecular complexity index is 332. The molecular formula is C12H17NO2. The fraction of sp³-hybridized carbons (Fsp3) is 0.500. The lowest BCUT2D eigenvalue weighted by Gasteiger charge is -2.25. The highest BCUT2D eigenvalue weighted by Gasteiger charge is 2.18. The van der Waals surface area contributed by atoms with Crippen LogP contribution in [0.4, 0.5) is 0 Å². The Morgan fingerprint density at radius 1 is 1.33 bits per heavy atom. The molecule has 3 N–H and O–H groups in total. The second kappa shape index (κ2) is 4.64. The standard InChI is InChI=1S/C12H17NO2/c14-8-9-4-3-5-10(12(9)15)11-6-1-2-7-13-11/h3-5,11,13-15H,1-2,6-8H2. The molecule has 0 spiro atoms. The van der Waals surface area contributed by atoms with Gasteiger partial charge < -0.3 is 15.5 Å². The van der Waals surface area contributed by atoms with Gasteiger partial charge in [0, 0.05) is 17.2 Å². The van der Waals surface area contributed by atoms with Crippen LogP contribution in [-0.4, -0.2) is 16.8 Å². The van der Waals surface area contributed by atoms with E-state index in [9.17, 15) is 5.11 Å². The number of nitrogens with one attached hydrogen (secondary N) is 1. The highest BCUT2D eigenvalue weighted by Crippen LogP contribution is 2.32. The highest BCUT2D eigenvalue weighted by molar-refractivity contribution is 5.42. The van der Waals surface area contributed by atoms with Gasteiger partial charge in [-0.15, -0.1) is 0 Å². The molecule has 1 aliphatic rings. The second-order valence-electron chi connectivity index (χ2n) is 4.02. The first-order valence-electron chi connectivity index (χ1n) is 5.48. The zero-order valence-corrected chi connectivity index (χ0v) is 8.74. The van der Waals surface area contributed by atoms with Crippen molar-refractivity contribution in [3.63, 3.8) is 0 Å². The van der Waals surface area contributed by atoms with Gasteiger partial charge in [-0.2, -0.15) is 0 Å². The third kappa shape index (κ3) is 2.13. The van der Waals surface area contributed by atoms with Gasteiger partial charge in [-0.3, -0.25) is 0 Å². The summed E-state index contributed by atoms with van der Waals surface area (Å²) in [5.74, 6) is 0.249. The third-order valence-corrected chi connectivity index (χ3v) is 3.01. The van der Waals surface area contributed by atoms with Gasteiger partial charge in [0.1, 0.15) is 5.75 Å². The van der Waals surface area contributed by atoms with E-state index in [-0.39, 0.29) is 18.4 Å². The summed E-state index contributed by atoms with van der Waals surface area (Å²) in [6.45, 7) is 0.903. The Morgan fingerprint density at radius 2 is 2.20 bits per heavy atom. The molecule has 1 aromatic rings. The molecule has 3 nitrogen and oxygen atoms in total. The molecule has 1 unspecified atom stereocenters. The Balaban J connectivity index is 2.26. The Labute approximate surface area is 89.8 Å². The van der Waals surface area contributed by atoms with Crippen molar-refractivity contribution in [1.82, 2.24) is 5.32 Å². The van der Waals surface area contributed by atoms with E-state index < -0.39 is 0 Å². The first-order valence-corrected chi connectivity index (χ1v) is 5.48. The van der Waals surface area contributed by atoms with E-state index >= 15 is 0 Å². The quantitative estimate of drug-likeness (QED) is 0.692. The number of benzene rings is 1. The van der Waals surface area contributed by atoms with Gasteiger partial charge in [-0.1, -0.05) is 24.6 Å². The maximum Gasteiger partial charge on any atom is 0.125 e. The number of hydrogen-bond donors (Lipinski definition) is 3. The molecule has 1 fully saturated rings. The molecule has 82 valence electrons. The van der Waals surface area contributed by atoms with Crippen LogP contribution in [0.5, 0.6) is 5.75 Å². The molecule has 1 aromatic carbocycles. The Morgan fingerprint density at radius 3 is 2.87 bits per heavy atom. The summed E-state index contributed by atoms with van der Waals surface area (Å²) in [6.07, 6.45) is 3.46. The fourth-order valence-electron chi connectivity index (χ4n) is 2.14. The zero-order valence-electron chi connectivity index (χ0n) is 8.74. The van der Waals surface area contributed by atoms with Gasteiger partial charge in [0.05, 0.1) is 6.61 Å². The van der Waals surface area contributed by atoms with Crippen LogP contribution in [0.2, 0.25) is 0 Å². The van der Waals surface area contributed by atoms with Crippen molar-refractivity contribution in [3.8, 4) is 5.75 Å². The SMILES string of the molecule is OCc1cccc(C2CCCCN2)c1O. The normalized spacial score (nSPS) is 21.5. The summed E-state index contributed by atoms with van der Waals surface area (Å²) >= 11 is 0. The lowest BCUT2D eigenvalue weighted by Crippen LogP contribution is -2.26. The Hall–Kier alpha value is -1.06. The third-order valence-electron chi connectivity index (χ3n) is 3.01. The van der Waals surface area contributed by atoms with Gasteiger partial charge in [-0.05, 0) is 19.4 Å². The number of rotatable bonds is 2. The van der Waals surface area contributed by atoms with Crippen LogP contribution in [0, 0.1) is 0 Å². The molecule has 0 saturated carbocycles. The molecule has 0 aliphatic carbocycles. The topological polar surface area (TPSA) is 52.5 Å². The van der Waals surface area contributed by atoms with Crippen molar-refractivity contribution in [2.24, 2.45) is 0 Å². The molecule has 1 saturated heterocycles. The van der Waals surface area contributed by atoms with Gasteiger partial charge in [0.15, 0.2) is 0 Å². The van der Waals surface area contributed by atoms with Crippen molar-refractivity contribution < 1.29 is 10.2 Å². The van der Waals surface area contributed by atoms with Crippen LogP contribution < -0.4 is 5.32 Å². The first kappa shape index (κ1) is 10.5. The summed E-state index contributed by atoms with van der Waals surface area (Å²) in [5, 5.41) is 22.4. The minimum absolute atomic E-state index is 0.105. The predicted molar refractivity (Wildman–Crippen MR) is 58.6 cm³/mol. The Kier molecular flexibility index (Phi) is 3.23. The predicted octanol–water partition coefficient (Wildman–Crippen LogP) is 1.70. The average molecular weight is 207 g/mol. The maximum atomic E-state index is 9.94. The molecule has 0 bridgehead atoms. The number of aliphatic hydroxyl groups is 1. The van der Waals surface area contributed by atoms with Crippen LogP contribution >= 0.6 is 0 Å².